The van der Waals surface area contributed by atoms with E-state index in [1.165, 1.54) is 19.5 Å². The molecule has 84 valence electrons. The molecule has 1 aliphatic rings. The molecule has 1 aromatic rings. The van der Waals surface area contributed by atoms with Crippen molar-refractivity contribution in [2.75, 3.05) is 20.1 Å². The Bertz CT molecular complexity index is 283. The van der Waals surface area contributed by atoms with E-state index in [1.54, 1.807) is 0 Å². The Morgan fingerprint density at radius 3 is 3.07 bits per heavy atom. The molecule has 0 radical (unpaired) electrons. The van der Waals surface area contributed by atoms with Gasteiger partial charge in [-0.05, 0) is 33.0 Å². The fourth-order valence-electron chi connectivity index (χ4n) is 2.22. The molecule has 0 spiro atoms. The average molecular weight is 208 g/mol. The lowest BCUT2D eigenvalue weighted by Gasteiger charge is -2.19. The first kappa shape index (κ1) is 10.6. The zero-order chi connectivity index (χ0) is 10.7. The molecule has 4 heteroatoms. The summed E-state index contributed by atoms with van der Waals surface area (Å²) in [6.07, 6.45) is 5.11. The van der Waals surface area contributed by atoms with Crippen LogP contribution in [0.2, 0.25) is 0 Å². The summed E-state index contributed by atoms with van der Waals surface area (Å²) in [4.78, 5) is 2.37. The van der Waals surface area contributed by atoms with Crippen LogP contribution in [0, 0.1) is 0 Å². The van der Waals surface area contributed by atoms with E-state index in [-0.39, 0.29) is 0 Å². The standard InChI is InChI=1S/C11H20N4/c1-10(8-15-6-3-5-12-15)13-11-4-7-14(2)9-11/h3,5-6,10-11,13H,4,7-9H2,1-2H3. The molecule has 4 nitrogen and oxygen atoms in total. The molecule has 2 rings (SSSR count). The maximum atomic E-state index is 4.21. The molecule has 0 bridgehead atoms. The van der Waals surface area contributed by atoms with Gasteiger partial charge in [-0.3, -0.25) is 4.68 Å². The summed E-state index contributed by atoms with van der Waals surface area (Å²) in [7, 11) is 2.18. The Morgan fingerprint density at radius 1 is 1.60 bits per heavy atom. The zero-order valence-corrected chi connectivity index (χ0v) is 9.56. The average Bonchev–Trinajstić information content (AvgIpc) is 2.77. The lowest BCUT2D eigenvalue weighted by Crippen LogP contribution is -2.40. The quantitative estimate of drug-likeness (QED) is 0.785. The summed E-state index contributed by atoms with van der Waals surface area (Å²) < 4.78 is 1.98. The molecule has 1 N–H and O–H groups in total. The van der Waals surface area contributed by atoms with Crippen molar-refractivity contribution in [1.29, 1.82) is 0 Å². The Balaban J connectivity index is 1.75. The molecule has 0 saturated carbocycles. The van der Waals surface area contributed by atoms with Gasteiger partial charge in [0.05, 0.1) is 6.54 Å². The first-order valence-corrected chi connectivity index (χ1v) is 5.66. The first-order valence-electron chi connectivity index (χ1n) is 5.66. The maximum absolute atomic E-state index is 4.21. The van der Waals surface area contributed by atoms with Crippen molar-refractivity contribution in [2.24, 2.45) is 0 Å². The molecular weight excluding hydrogens is 188 g/mol. The van der Waals surface area contributed by atoms with Crippen LogP contribution in [0.3, 0.4) is 0 Å². The Kier molecular flexibility index (Phi) is 3.38. The molecular formula is C11H20N4. The second-order valence-electron chi connectivity index (χ2n) is 4.54. The molecule has 1 saturated heterocycles. The van der Waals surface area contributed by atoms with Crippen molar-refractivity contribution in [3.05, 3.63) is 18.5 Å². The van der Waals surface area contributed by atoms with Crippen LogP contribution < -0.4 is 5.32 Å². The van der Waals surface area contributed by atoms with E-state index in [0.717, 1.165) is 6.54 Å². The van der Waals surface area contributed by atoms with Crippen LogP contribution in [-0.4, -0.2) is 46.9 Å². The fraction of sp³-hybridized carbons (Fsp3) is 0.727. The van der Waals surface area contributed by atoms with Gasteiger partial charge in [0, 0.05) is 31.0 Å². The van der Waals surface area contributed by atoms with Crippen LogP contribution in [0.1, 0.15) is 13.3 Å². The predicted molar refractivity (Wildman–Crippen MR) is 60.7 cm³/mol. The van der Waals surface area contributed by atoms with Gasteiger partial charge in [0.25, 0.3) is 0 Å². The lowest BCUT2D eigenvalue weighted by molar-refractivity contribution is 0.367. The minimum Gasteiger partial charge on any atom is -0.308 e. The molecule has 0 amide bonds. The molecule has 1 fully saturated rings. The highest BCUT2D eigenvalue weighted by Gasteiger charge is 2.20. The topological polar surface area (TPSA) is 33.1 Å². The molecule has 0 aromatic carbocycles. The normalized spacial score (nSPS) is 24.5. The van der Waals surface area contributed by atoms with Gasteiger partial charge < -0.3 is 10.2 Å². The Hall–Kier alpha value is -0.870. The molecule has 1 aromatic heterocycles. The number of nitrogens with zero attached hydrogens (tertiary/aromatic N) is 3. The van der Waals surface area contributed by atoms with E-state index < -0.39 is 0 Å². The second kappa shape index (κ2) is 4.77. The van der Waals surface area contributed by atoms with Gasteiger partial charge in [-0.2, -0.15) is 5.10 Å². The predicted octanol–water partition coefficient (Wildman–Crippen LogP) is 0.565. The third-order valence-corrected chi connectivity index (χ3v) is 2.93. The minimum absolute atomic E-state index is 0.487. The number of rotatable bonds is 4. The van der Waals surface area contributed by atoms with Crippen LogP contribution in [0.25, 0.3) is 0 Å². The molecule has 2 unspecified atom stereocenters. The highest BCUT2D eigenvalue weighted by molar-refractivity contribution is 4.83. The Labute approximate surface area is 91.3 Å². The van der Waals surface area contributed by atoms with Gasteiger partial charge in [-0.15, -0.1) is 0 Å². The third-order valence-electron chi connectivity index (χ3n) is 2.93. The Morgan fingerprint density at radius 2 is 2.47 bits per heavy atom. The van der Waals surface area contributed by atoms with Gasteiger partial charge in [-0.1, -0.05) is 0 Å². The van der Waals surface area contributed by atoms with Crippen molar-refractivity contribution in [2.45, 2.75) is 32.0 Å². The summed E-state index contributed by atoms with van der Waals surface area (Å²) >= 11 is 0. The summed E-state index contributed by atoms with van der Waals surface area (Å²) in [6.45, 7) is 5.56. The van der Waals surface area contributed by atoms with E-state index in [0.29, 0.717) is 12.1 Å². The number of aromatic nitrogens is 2. The highest BCUT2D eigenvalue weighted by Crippen LogP contribution is 2.07. The van der Waals surface area contributed by atoms with Gasteiger partial charge in [0.2, 0.25) is 0 Å². The van der Waals surface area contributed by atoms with Crippen molar-refractivity contribution in [3.8, 4) is 0 Å². The first-order chi connectivity index (χ1) is 7.24. The summed E-state index contributed by atoms with van der Waals surface area (Å²) in [5.41, 5.74) is 0. The van der Waals surface area contributed by atoms with Gasteiger partial charge in [0.1, 0.15) is 0 Å². The lowest BCUT2D eigenvalue weighted by atomic mass is 10.2. The van der Waals surface area contributed by atoms with Gasteiger partial charge in [-0.25, -0.2) is 0 Å². The molecule has 2 atom stereocenters. The summed E-state index contributed by atoms with van der Waals surface area (Å²) in [5.74, 6) is 0. The van der Waals surface area contributed by atoms with Crippen LogP contribution in [0.5, 0.6) is 0 Å². The van der Waals surface area contributed by atoms with Crippen molar-refractivity contribution in [3.63, 3.8) is 0 Å². The molecule has 0 aliphatic carbocycles. The van der Waals surface area contributed by atoms with Crippen LogP contribution in [0.4, 0.5) is 0 Å². The van der Waals surface area contributed by atoms with Crippen LogP contribution in [0.15, 0.2) is 18.5 Å². The van der Waals surface area contributed by atoms with Crippen LogP contribution in [-0.2, 0) is 6.54 Å². The number of hydrogen-bond acceptors (Lipinski definition) is 3. The monoisotopic (exact) mass is 208 g/mol. The van der Waals surface area contributed by atoms with E-state index >= 15 is 0 Å². The second-order valence-corrected chi connectivity index (χ2v) is 4.54. The number of likely N-dealkylation sites (tertiary alicyclic amines) is 1. The number of likely N-dealkylation sites (N-methyl/N-ethyl adjacent to an activating group) is 1. The maximum Gasteiger partial charge on any atom is 0.0560 e. The highest BCUT2D eigenvalue weighted by atomic mass is 15.3. The third kappa shape index (κ3) is 3.04. The van der Waals surface area contributed by atoms with E-state index in [2.05, 4.69) is 29.3 Å². The van der Waals surface area contributed by atoms with E-state index in [1.807, 2.05) is 23.1 Å². The van der Waals surface area contributed by atoms with Gasteiger partial charge >= 0.3 is 0 Å². The van der Waals surface area contributed by atoms with Crippen molar-refractivity contribution < 1.29 is 0 Å². The van der Waals surface area contributed by atoms with Gasteiger partial charge in [0.15, 0.2) is 0 Å². The van der Waals surface area contributed by atoms with Crippen molar-refractivity contribution >= 4 is 0 Å². The van der Waals surface area contributed by atoms with E-state index in [9.17, 15) is 0 Å². The molecule has 15 heavy (non-hydrogen) atoms. The van der Waals surface area contributed by atoms with E-state index in [4.69, 9.17) is 0 Å². The summed E-state index contributed by atoms with van der Waals surface area (Å²) in [5, 5.41) is 7.86. The molecule has 2 heterocycles. The minimum atomic E-state index is 0.487. The van der Waals surface area contributed by atoms with Crippen molar-refractivity contribution in [1.82, 2.24) is 20.0 Å². The summed E-state index contributed by atoms with van der Waals surface area (Å²) in [6, 6.07) is 3.11. The largest absolute Gasteiger partial charge is 0.308 e. The number of hydrogen-bond donors (Lipinski definition) is 1. The fourth-order valence-corrected chi connectivity index (χ4v) is 2.22. The molecule has 1 aliphatic heterocycles. The number of nitrogens with one attached hydrogen (secondary N) is 1. The van der Waals surface area contributed by atoms with Crippen LogP contribution >= 0.6 is 0 Å². The SMILES string of the molecule is CC(Cn1cccn1)NC1CCN(C)C1. The smallest absolute Gasteiger partial charge is 0.0560 e. The zero-order valence-electron chi connectivity index (χ0n) is 9.56.